The van der Waals surface area contributed by atoms with Gasteiger partial charge < -0.3 is 9.15 Å². The molecule has 3 nitrogen and oxygen atoms in total. The molecule has 0 aliphatic carbocycles. The van der Waals surface area contributed by atoms with E-state index in [-0.39, 0.29) is 5.97 Å². The second-order valence-electron chi connectivity index (χ2n) is 3.71. The monoisotopic (exact) mass is 230 g/mol. The van der Waals surface area contributed by atoms with Crippen molar-refractivity contribution in [1.29, 1.82) is 0 Å². The predicted molar refractivity (Wildman–Crippen MR) is 64.8 cm³/mol. The lowest BCUT2D eigenvalue weighted by atomic mass is 10.1. The number of carbonyl (C=O) groups excluding carboxylic acids is 1. The summed E-state index contributed by atoms with van der Waals surface area (Å²) in [5, 5.41) is 0. The number of carbonyl (C=O) groups is 1. The molecule has 0 amide bonds. The molecule has 3 heteroatoms. The molecule has 0 aliphatic heterocycles. The van der Waals surface area contributed by atoms with Gasteiger partial charge in [0.05, 0.1) is 12.2 Å². The van der Waals surface area contributed by atoms with Crippen LogP contribution in [0, 0.1) is 6.92 Å². The van der Waals surface area contributed by atoms with Crippen molar-refractivity contribution in [2.45, 2.75) is 13.8 Å². The van der Waals surface area contributed by atoms with Crippen LogP contribution in [-0.4, -0.2) is 12.6 Å². The van der Waals surface area contributed by atoms with E-state index in [1.165, 1.54) is 0 Å². The fourth-order valence-electron chi connectivity index (χ4n) is 1.57. The second kappa shape index (κ2) is 4.87. The van der Waals surface area contributed by atoms with Gasteiger partial charge in [-0.2, -0.15) is 0 Å². The minimum absolute atomic E-state index is 0.297. The molecule has 2 rings (SSSR count). The van der Waals surface area contributed by atoms with Crippen molar-refractivity contribution in [1.82, 2.24) is 0 Å². The van der Waals surface area contributed by atoms with Gasteiger partial charge in [0.2, 0.25) is 0 Å². The standard InChI is InChI=1S/C14H14O3/c1-3-16-14(15)12-7-5-11(6-8-12)13-9-4-10(2)17-13/h4-9H,3H2,1-2H3. The average Bonchev–Trinajstić information content (AvgIpc) is 2.76. The first kappa shape index (κ1) is 11.5. The second-order valence-corrected chi connectivity index (χ2v) is 3.71. The Morgan fingerprint density at radius 3 is 2.41 bits per heavy atom. The van der Waals surface area contributed by atoms with E-state index in [2.05, 4.69) is 0 Å². The Balaban J connectivity index is 2.21. The number of furan rings is 1. The number of hydrogen-bond acceptors (Lipinski definition) is 3. The molecule has 2 aromatic rings. The van der Waals surface area contributed by atoms with Crippen LogP contribution in [0.2, 0.25) is 0 Å². The van der Waals surface area contributed by atoms with Crippen molar-refractivity contribution < 1.29 is 13.9 Å². The van der Waals surface area contributed by atoms with Crippen molar-refractivity contribution in [2.75, 3.05) is 6.61 Å². The van der Waals surface area contributed by atoms with E-state index in [0.717, 1.165) is 17.1 Å². The number of ether oxygens (including phenoxy) is 1. The van der Waals surface area contributed by atoms with Crippen LogP contribution in [0.15, 0.2) is 40.8 Å². The summed E-state index contributed by atoms with van der Waals surface area (Å²) in [4.78, 5) is 11.5. The fourth-order valence-corrected chi connectivity index (χ4v) is 1.57. The SMILES string of the molecule is CCOC(=O)c1ccc(-c2ccc(C)o2)cc1. The summed E-state index contributed by atoms with van der Waals surface area (Å²) in [6.07, 6.45) is 0. The zero-order valence-corrected chi connectivity index (χ0v) is 9.90. The van der Waals surface area contributed by atoms with Crippen LogP contribution in [0.3, 0.4) is 0 Å². The molecule has 1 heterocycles. The zero-order chi connectivity index (χ0) is 12.3. The van der Waals surface area contributed by atoms with Gasteiger partial charge in [-0.25, -0.2) is 4.79 Å². The molecule has 0 bridgehead atoms. The Hall–Kier alpha value is -2.03. The lowest BCUT2D eigenvalue weighted by Gasteiger charge is -2.02. The number of benzene rings is 1. The van der Waals surface area contributed by atoms with Crippen LogP contribution in [0.5, 0.6) is 0 Å². The van der Waals surface area contributed by atoms with E-state index >= 15 is 0 Å². The number of aryl methyl sites for hydroxylation is 1. The normalized spacial score (nSPS) is 10.2. The first-order valence-electron chi connectivity index (χ1n) is 5.54. The highest BCUT2D eigenvalue weighted by molar-refractivity contribution is 5.89. The largest absolute Gasteiger partial charge is 0.462 e. The summed E-state index contributed by atoms with van der Waals surface area (Å²) in [6.45, 7) is 4.08. The minimum atomic E-state index is -0.297. The van der Waals surface area contributed by atoms with Crippen molar-refractivity contribution in [3.05, 3.63) is 47.7 Å². The summed E-state index contributed by atoms with van der Waals surface area (Å²) in [5.74, 6) is 1.38. The van der Waals surface area contributed by atoms with Gasteiger partial charge in [0.1, 0.15) is 11.5 Å². The molecule has 1 aromatic heterocycles. The van der Waals surface area contributed by atoms with Crippen LogP contribution in [0.4, 0.5) is 0 Å². The molecule has 0 atom stereocenters. The van der Waals surface area contributed by atoms with Gasteiger partial charge in [0, 0.05) is 5.56 Å². The lowest BCUT2D eigenvalue weighted by Crippen LogP contribution is -2.03. The first-order valence-corrected chi connectivity index (χ1v) is 5.54. The molecular formula is C14H14O3. The van der Waals surface area contributed by atoms with Gasteiger partial charge in [-0.05, 0) is 38.1 Å². The maximum atomic E-state index is 11.5. The Kier molecular flexibility index (Phi) is 3.28. The molecule has 0 unspecified atom stereocenters. The van der Waals surface area contributed by atoms with Gasteiger partial charge in [-0.1, -0.05) is 12.1 Å². The molecule has 0 aliphatic rings. The third-order valence-corrected chi connectivity index (χ3v) is 2.42. The predicted octanol–water partition coefficient (Wildman–Crippen LogP) is 3.43. The molecule has 0 radical (unpaired) electrons. The van der Waals surface area contributed by atoms with Gasteiger partial charge in [-0.3, -0.25) is 0 Å². The van der Waals surface area contributed by atoms with E-state index in [9.17, 15) is 4.79 Å². The first-order chi connectivity index (χ1) is 8.20. The van der Waals surface area contributed by atoms with E-state index in [1.807, 2.05) is 31.2 Å². The van der Waals surface area contributed by atoms with Gasteiger partial charge in [0.25, 0.3) is 0 Å². The summed E-state index contributed by atoms with van der Waals surface area (Å²) in [7, 11) is 0. The maximum absolute atomic E-state index is 11.5. The van der Waals surface area contributed by atoms with Gasteiger partial charge in [0.15, 0.2) is 0 Å². The van der Waals surface area contributed by atoms with Gasteiger partial charge in [-0.15, -0.1) is 0 Å². The molecule has 88 valence electrons. The van der Waals surface area contributed by atoms with Crippen molar-refractivity contribution >= 4 is 5.97 Å². The van der Waals surface area contributed by atoms with Crippen LogP contribution in [0.25, 0.3) is 11.3 Å². The van der Waals surface area contributed by atoms with E-state index in [1.54, 1.807) is 19.1 Å². The Labute approximate surface area is 100 Å². The quantitative estimate of drug-likeness (QED) is 0.758. The van der Waals surface area contributed by atoms with Crippen molar-refractivity contribution in [3.63, 3.8) is 0 Å². The third-order valence-electron chi connectivity index (χ3n) is 2.42. The van der Waals surface area contributed by atoms with Crippen LogP contribution >= 0.6 is 0 Å². The van der Waals surface area contributed by atoms with Crippen LogP contribution < -0.4 is 0 Å². The summed E-state index contributed by atoms with van der Waals surface area (Å²) < 4.78 is 10.4. The Bertz CT molecular complexity index is 509. The molecule has 0 saturated carbocycles. The van der Waals surface area contributed by atoms with E-state index in [4.69, 9.17) is 9.15 Å². The molecule has 0 saturated heterocycles. The highest BCUT2D eigenvalue weighted by Gasteiger charge is 2.07. The lowest BCUT2D eigenvalue weighted by molar-refractivity contribution is 0.0526. The highest BCUT2D eigenvalue weighted by Crippen LogP contribution is 2.22. The molecule has 0 fully saturated rings. The summed E-state index contributed by atoms with van der Waals surface area (Å²) in [6, 6.07) is 11.0. The highest BCUT2D eigenvalue weighted by atomic mass is 16.5. The smallest absolute Gasteiger partial charge is 0.338 e. The topological polar surface area (TPSA) is 39.4 Å². The molecule has 17 heavy (non-hydrogen) atoms. The van der Waals surface area contributed by atoms with Crippen LogP contribution in [0.1, 0.15) is 23.0 Å². The number of esters is 1. The van der Waals surface area contributed by atoms with E-state index in [0.29, 0.717) is 12.2 Å². The van der Waals surface area contributed by atoms with Crippen LogP contribution in [-0.2, 0) is 4.74 Å². The minimum Gasteiger partial charge on any atom is -0.462 e. The van der Waals surface area contributed by atoms with Crippen molar-refractivity contribution in [2.24, 2.45) is 0 Å². The molecular weight excluding hydrogens is 216 g/mol. The van der Waals surface area contributed by atoms with Gasteiger partial charge >= 0.3 is 5.97 Å². The average molecular weight is 230 g/mol. The Morgan fingerprint density at radius 1 is 1.18 bits per heavy atom. The summed E-state index contributed by atoms with van der Waals surface area (Å²) in [5.41, 5.74) is 1.50. The zero-order valence-electron chi connectivity index (χ0n) is 9.90. The number of hydrogen-bond donors (Lipinski definition) is 0. The molecule has 1 aromatic carbocycles. The maximum Gasteiger partial charge on any atom is 0.338 e. The summed E-state index contributed by atoms with van der Waals surface area (Å²) >= 11 is 0. The van der Waals surface area contributed by atoms with Crippen molar-refractivity contribution in [3.8, 4) is 11.3 Å². The fraction of sp³-hybridized carbons (Fsp3) is 0.214. The third kappa shape index (κ3) is 2.56. The van der Waals surface area contributed by atoms with E-state index < -0.39 is 0 Å². The molecule has 0 spiro atoms. The Morgan fingerprint density at radius 2 is 1.88 bits per heavy atom. The number of rotatable bonds is 3. The molecule has 0 N–H and O–H groups in total.